The van der Waals surface area contributed by atoms with Crippen LogP contribution in [0.2, 0.25) is 0 Å². The summed E-state index contributed by atoms with van der Waals surface area (Å²) < 4.78 is 28.7. The summed E-state index contributed by atoms with van der Waals surface area (Å²) in [5.74, 6) is -0.934. The summed E-state index contributed by atoms with van der Waals surface area (Å²) >= 11 is 3.39. The molecule has 15 heteroatoms. The first kappa shape index (κ1) is 32.3. The molecule has 0 spiro atoms. The second-order valence-electron chi connectivity index (χ2n) is 9.55. The maximum absolute atomic E-state index is 13.0. The average molecular weight is 675 g/mol. The van der Waals surface area contributed by atoms with Crippen molar-refractivity contribution in [3.05, 3.63) is 75.2 Å². The van der Waals surface area contributed by atoms with Gasteiger partial charge in [0.15, 0.2) is 5.82 Å². The number of aromatic nitrogens is 2. The van der Waals surface area contributed by atoms with Crippen LogP contribution in [0, 0.1) is 0 Å². The molecule has 0 bridgehead atoms. The van der Waals surface area contributed by atoms with Gasteiger partial charge in [-0.15, -0.1) is 0 Å². The Kier molecular flexibility index (Phi) is 11.2. The van der Waals surface area contributed by atoms with Gasteiger partial charge in [-0.1, -0.05) is 36.4 Å². The zero-order valence-electron chi connectivity index (χ0n) is 23.9. The first-order chi connectivity index (χ1) is 21.1. The molecule has 234 valence electrons. The highest BCUT2D eigenvalue weighted by Gasteiger charge is 2.40. The number of phenols is 1. The number of phenolic OH excluding ortho intramolecular Hbond substituents is 1. The Morgan fingerprint density at radius 1 is 1.09 bits per heavy atom. The molecule has 2 heterocycles. The number of nitrogens with one attached hydrogen (secondary N) is 2. The van der Waals surface area contributed by atoms with E-state index >= 15 is 0 Å². The highest BCUT2D eigenvalue weighted by molar-refractivity contribution is 9.10. The molecule has 4 rings (SSSR count). The molecule has 0 saturated carbocycles. The average Bonchev–Trinajstić information content (AvgIpc) is 3.38. The fourth-order valence-electron chi connectivity index (χ4n) is 4.27. The van der Waals surface area contributed by atoms with E-state index in [1.807, 2.05) is 30.3 Å². The SMILES string of the molecule is CC(=O)OC[C@H]1OC(n2cc(Br)c(Nc3c(O)cccc3OCCNC(=O)OCc3ccccc3)nc2=O)C[C@H]1OC(C)=O. The summed E-state index contributed by atoms with van der Waals surface area (Å²) in [5, 5.41) is 16.0. The number of carbonyl (C=O) groups excluding carboxylic acids is 3. The van der Waals surface area contributed by atoms with Gasteiger partial charge in [0.05, 0.1) is 11.0 Å². The van der Waals surface area contributed by atoms with Crippen molar-refractivity contribution in [2.45, 2.75) is 45.3 Å². The Labute approximate surface area is 260 Å². The molecule has 14 nitrogen and oxygen atoms in total. The van der Waals surface area contributed by atoms with Gasteiger partial charge >= 0.3 is 23.7 Å². The van der Waals surface area contributed by atoms with Crippen LogP contribution in [0.5, 0.6) is 11.5 Å². The minimum atomic E-state index is -0.860. The van der Waals surface area contributed by atoms with Crippen LogP contribution in [0.4, 0.5) is 16.3 Å². The van der Waals surface area contributed by atoms with Gasteiger partial charge in [-0.25, -0.2) is 9.59 Å². The summed E-state index contributed by atoms with van der Waals surface area (Å²) in [4.78, 5) is 51.9. The molecule has 44 heavy (non-hydrogen) atoms. The number of halogens is 1. The lowest BCUT2D eigenvalue weighted by Crippen LogP contribution is -2.31. The molecule has 3 atom stereocenters. The molecule has 3 N–H and O–H groups in total. The fraction of sp³-hybridized carbons (Fsp3) is 0.345. The number of alkyl carbamates (subject to hydrolysis) is 1. The Morgan fingerprint density at radius 3 is 2.59 bits per heavy atom. The predicted molar refractivity (Wildman–Crippen MR) is 158 cm³/mol. The van der Waals surface area contributed by atoms with Gasteiger partial charge < -0.3 is 39.4 Å². The summed E-state index contributed by atoms with van der Waals surface area (Å²) in [6.45, 7) is 2.62. The number of carbonyl (C=O) groups is 3. The van der Waals surface area contributed by atoms with Crippen molar-refractivity contribution in [3.63, 3.8) is 0 Å². The van der Waals surface area contributed by atoms with Gasteiger partial charge in [0.25, 0.3) is 0 Å². The maximum atomic E-state index is 13.0. The lowest BCUT2D eigenvalue weighted by atomic mass is 10.2. The van der Waals surface area contributed by atoms with Crippen LogP contribution in [-0.2, 0) is 35.1 Å². The third kappa shape index (κ3) is 8.94. The summed E-state index contributed by atoms with van der Waals surface area (Å²) in [6, 6.07) is 13.8. The number of nitrogens with zero attached hydrogens (tertiary/aromatic N) is 2. The molecule has 0 radical (unpaired) electrons. The number of hydrogen-bond donors (Lipinski definition) is 3. The fourth-order valence-corrected chi connectivity index (χ4v) is 4.68. The van der Waals surface area contributed by atoms with Gasteiger partial charge in [-0.2, -0.15) is 4.98 Å². The van der Waals surface area contributed by atoms with Crippen LogP contribution in [-0.4, -0.2) is 64.7 Å². The van der Waals surface area contributed by atoms with Crippen molar-refractivity contribution in [1.82, 2.24) is 14.9 Å². The van der Waals surface area contributed by atoms with E-state index in [2.05, 4.69) is 31.5 Å². The van der Waals surface area contributed by atoms with E-state index in [1.165, 1.54) is 30.7 Å². The van der Waals surface area contributed by atoms with Crippen LogP contribution in [0.3, 0.4) is 0 Å². The number of para-hydroxylation sites is 1. The van der Waals surface area contributed by atoms with Crippen molar-refractivity contribution in [2.75, 3.05) is 25.1 Å². The molecule has 1 amide bonds. The second kappa shape index (κ2) is 15.2. The largest absolute Gasteiger partial charge is 0.506 e. The molecule has 1 aromatic heterocycles. The van der Waals surface area contributed by atoms with E-state index in [-0.39, 0.29) is 55.8 Å². The molecule has 1 aliphatic rings. The van der Waals surface area contributed by atoms with Crippen molar-refractivity contribution in [1.29, 1.82) is 0 Å². The van der Waals surface area contributed by atoms with Crippen molar-refractivity contribution < 1.29 is 43.2 Å². The van der Waals surface area contributed by atoms with Crippen LogP contribution >= 0.6 is 15.9 Å². The molecule has 1 aliphatic heterocycles. The zero-order valence-corrected chi connectivity index (χ0v) is 25.4. The number of benzene rings is 2. The minimum absolute atomic E-state index is 0.0474. The Balaban J connectivity index is 1.39. The summed E-state index contributed by atoms with van der Waals surface area (Å²) in [7, 11) is 0. The number of hydrogen-bond acceptors (Lipinski definition) is 12. The van der Waals surface area contributed by atoms with Gasteiger partial charge in [-0.3, -0.25) is 14.2 Å². The number of amides is 1. The molecular formula is C29H31BrN4O10. The molecule has 1 fully saturated rings. The van der Waals surface area contributed by atoms with E-state index < -0.39 is 42.2 Å². The van der Waals surface area contributed by atoms with Crippen molar-refractivity contribution in [2.24, 2.45) is 0 Å². The molecule has 0 aliphatic carbocycles. The first-order valence-electron chi connectivity index (χ1n) is 13.5. The van der Waals surface area contributed by atoms with Crippen molar-refractivity contribution in [3.8, 4) is 11.5 Å². The number of esters is 2. The topological polar surface area (TPSA) is 177 Å². The summed E-state index contributed by atoms with van der Waals surface area (Å²) in [6.07, 6.45) is -1.44. The third-order valence-corrected chi connectivity index (χ3v) is 6.84. The van der Waals surface area contributed by atoms with Crippen LogP contribution in [0.25, 0.3) is 0 Å². The number of anilines is 2. The van der Waals surface area contributed by atoms with Crippen LogP contribution < -0.4 is 21.1 Å². The number of rotatable bonds is 12. The van der Waals surface area contributed by atoms with E-state index in [4.69, 9.17) is 23.7 Å². The van der Waals surface area contributed by atoms with Crippen LogP contribution in [0.15, 0.2) is 64.0 Å². The Morgan fingerprint density at radius 2 is 1.86 bits per heavy atom. The maximum Gasteiger partial charge on any atom is 0.407 e. The second-order valence-corrected chi connectivity index (χ2v) is 10.4. The Bertz CT molecular complexity index is 1530. The van der Waals surface area contributed by atoms with E-state index in [0.717, 1.165) is 5.56 Å². The predicted octanol–water partition coefficient (Wildman–Crippen LogP) is 3.54. The van der Waals surface area contributed by atoms with Crippen molar-refractivity contribution >= 4 is 45.5 Å². The lowest BCUT2D eigenvalue weighted by molar-refractivity contribution is -0.155. The monoisotopic (exact) mass is 674 g/mol. The number of aromatic hydroxyl groups is 1. The van der Waals surface area contributed by atoms with Crippen LogP contribution in [0.1, 0.15) is 32.1 Å². The van der Waals surface area contributed by atoms with Gasteiger partial charge in [0.2, 0.25) is 0 Å². The highest BCUT2D eigenvalue weighted by Crippen LogP contribution is 2.37. The smallest absolute Gasteiger partial charge is 0.407 e. The standard InChI is InChI=1S/C29H31BrN4O10/c1-17(35)41-16-24-23(43-18(2)36)13-25(44-24)34-14-20(30)27(33-28(34)38)32-26-21(37)9-6-10-22(26)40-12-11-31-29(39)42-15-19-7-4-3-5-8-19/h3-10,14,23-25,37H,11-13,15-16H2,1-2H3,(H,31,39)(H,32,33,38)/t23-,24-,25?/m1/s1. The van der Waals surface area contributed by atoms with Gasteiger partial charge in [0.1, 0.15) is 55.4 Å². The first-order valence-corrected chi connectivity index (χ1v) is 14.3. The van der Waals surface area contributed by atoms with Gasteiger partial charge in [0, 0.05) is 26.5 Å². The zero-order chi connectivity index (χ0) is 31.6. The molecule has 3 aromatic rings. The minimum Gasteiger partial charge on any atom is -0.506 e. The Hall–Kier alpha value is -4.63. The number of ether oxygens (including phenoxy) is 5. The molecule has 1 saturated heterocycles. The lowest BCUT2D eigenvalue weighted by Gasteiger charge is -2.18. The normalized spacial score (nSPS) is 17.4. The van der Waals surface area contributed by atoms with E-state index in [0.29, 0.717) is 4.47 Å². The quantitative estimate of drug-likeness (QED) is 0.110. The third-order valence-electron chi connectivity index (χ3n) is 6.26. The van der Waals surface area contributed by atoms with E-state index in [1.54, 1.807) is 12.1 Å². The summed E-state index contributed by atoms with van der Waals surface area (Å²) in [5.41, 5.74) is 0.289. The highest BCUT2D eigenvalue weighted by atomic mass is 79.9. The molecule has 1 unspecified atom stereocenters. The van der Waals surface area contributed by atoms with Gasteiger partial charge in [-0.05, 0) is 33.6 Å². The van der Waals surface area contributed by atoms with E-state index in [9.17, 15) is 24.3 Å². The molecular weight excluding hydrogens is 644 g/mol. The molecule has 2 aromatic carbocycles.